The van der Waals surface area contributed by atoms with E-state index in [0.29, 0.717) is 0 Å². The van der Waals surface area contributed by atoms with Crippen LogP contribution in [0.3, 0.4) is 0 Å². The smallest absolute Gasteiger partial charge is 0.191 e. The maximum absolute atomic E-state index is 11.3. The molecule has 0 saturated heterocycles. The average Bonchev–Trinajstić information content (AvgIpc) is 2.05. The van der Waals surface area contributed by atoms with E-state index in [2.05, 4.69) is 0 Å². The van der Waals surface area contributed by atoms with Crippen LogP contribution in [0.1, 0.15) is 5.56 Å². The lowest BCUT2D eigenvalue weighted by Crippen LogP contribution is -2.04. The molecule has 0 radical (unpaired) electrons. The Bertz CT molecular complexity index is 426. The van der Waals surface area contributed by atoms with E-state index < -0.39 is 15.6 Å². The Labute approximate surface area is 77.5 Å². The number of sulfone groups is 1. The summed E-state index contributed by atoms with van der Waals surface area (Å²) in [6, 6.07) is 8.09. The molecule has 0 atom stereocenters. The van der Waals surface area contributed by atoms with Crippen LogP contribution in [0.4, 0.5) is 0 Å². The van der Waals surface area contributed by atoms with Crippen molar-refractivity contribution in [3.8, 4) is 6.07 Å². The van der Waals surface area contributed by atoms with E-state index in [1.165, 1.54) is 12.1 Å². The molecule has 4 heteroatoms. The SMILES string of the molecule is Cc1ccc(S(=O)(=O)CC#[15N])cc1. The molecule has 0 amide bonds. The molecule has 68 valence electrons. The molecule has 0 N–H and O–H groups in total. The fraction of sp³-hybridized carbons (Fsp3) is 0.222. The number of nitriles is 1. The second-order valence-electron chi connectivity index (χ2n) is 2.73. The van der Waals surface area contributed by atoms with E-state index >= 15 is 0 Å². The van der Waals surface area contributed by atoms with Gasteiger partial charge in [-0.3, -0.25) is 0 Å². The van der Waals surface area contributed by atoms with Crippen molar-refractivity contribution < 1.29 is 8.42 Å². The summed E-state index contributed by atoms with van der Waals surface area (Å²) in [6.45, 7) is 1.88. The second-order valence-corrected chi connectivity index (χ2v) is 4.72. The summed E-state index contributed by atoms with van der Waals surface area (Å²) in [7, 11) is -3.39. The fourth-order valence-electron chi connectivity index (χ4n) is 0.914. The summed E-state index contributed by atoms with van der Waals surface area (Å²) in [5.74, 6) is -0.462. The van der Waals surface area contributed by atoms with Crippen molar-refractivity contribution >= 4 is 9.84 Å². The number of benzene rings is 1. The highest BCUT2D eigenvalue weighted by molar-refractivity contribution is 7.91. The van der Waals surface area contributed by atoms with Gasteiger partial charge in [-0.05, 0) is 19.1 Å². The predicted molar refractivity (Wildman–Crippen MR) is 48.8 cm³/mol. The highest BCUT2D eigenvalue weighted by atomic mass is 32.2. The topological polar surface area (TPSA) is 57.9 Å². The zero-order chi connectivity index (χ0) is 9.90. The number of hydrogen-bond acceptors (Lipinski definition) is 3. The van der Waals surface area contributed by atoms with E-state index in [1.807, 2.05) is 6.92 Å². The van der Waals surface area contributed by atoms with Crippen LogP contribution in [0.2, 0.25) is 0 Å². The van der Waals surface area contributed by atoms with Gasteiger partial charge < -0.3 is 0 Å². The van der Waals surface area contributed by atoms with Crippen LogP contribution in [-0.4, -0.2) is 14.2 Å². The maximum atomic E-state index is 11.3. The first-order valence-corrected chi connectivity index (χ1v) is 5.38. The zero-order valence-corrected chi connectivity index (χ0v) is 8.00. The molecule has 1 rings (SSSR count). The van der Waals surface area contributed by atoms with Gasteiger partial charge in [0.05, 0.1) is 11.0 Å². The lowest BCUT2D eigenvalue weighted by molar-refractivity contribution is 0.599. The van der Waals surface area contributed by atoms with Gasteiger partial charge in [0.2, 0.25) is 0 Å². The van der Waals surface area contributed by atoms with Gasteiger partial charge in [0, 0.05) is 0 Å². The van der Waals surface area contributed by atoms with Crippen LogP contribution in [-0.2, 0) is 9.84 Å². The largest absolute Gasteiger partial charge is 0.223 e. The Kier molecular flexibility index (Phi) is 2.69. The fourth-order valence-corrected chi connectivity index (χ4v) is 1.80. The Balaban J connectivity index is 3.11. The molecule has 0 aliphatic rings. The Morgan fingerprint density at radius 1 is 1.31 bits per heavy atom. The van der Waals surface area contributed by atoms with Crippen molar-refractivity contribution in [2.45, 2.75) is 11.8 Å². The number of aryl methyl sites for hydroxylation is 1. The van der Waals surface area contributed by atoms with Gasteiger partial charge in [0.1, 0.15) is 5.75 Å². The normalized spacial score (nSPS) is 10.8. The molecular weight excluding hydrogens is 187 g/mol. The lowest BCUT2D eigenvalue weighted by atomic mass is 10.2. The van der Waals surface area contributed by atoms with Crippen LogP contribution >= 0.6 is 0 Å². The van der Waals surface area contributed by atoms with Crippen molar-refractivity contribution in [3.63, 3.8) is 0 Å². The third kappa shape index (κ3) is 2.30. The maximum Gasteiger partial charge on any atom is 0.191 e. The summed E-state index contributed by atoms with van der Waals surface area (Å²) in [6.07, 6.45) is 0. The predicted octanol–water partition coefficient (Wildman–Crippen LogP) is 1.29. The summed E-state index contributed by atoms with van der Waals surface area (Å²) < 4.78 is 22.6. The lowest BCUT2D eigenvalue weighted by Gasteiger charge is -1.99. The molecule has 0 aliphatic heterocycles. The van der Waals surface area contributed by atoms with Gasteiger partial charge in [0.15, 0.2) is 9.84 Å². The van der Waals surface area contributed by atoms with Crippen LogP contribution in [0, 0.1) is 18.3 Å². The number of hydrogen-bond donors (Lipinski definition) is 0. The first kappa shape index (κ1) is 9.75. The molecule has 0 bridgehead atoms. The standard InChI is InChI=1S/C9H9NO2S/c1-8-2-4-9(5-3-8)13(11,12)7-6-10/h2-5H,7H2,1H3/i10+1. The Morgan fingerprint density at radius 2 is 1.85 bits per heavy atom. The molecule has 0 heterocycles. The van der Waals surface area contributed by atoms with E-state index in [1.54, 1.807) is 18.2 Å². The van der Waals surface area contributed by atoms with Crippen molar-refractivity contribution in [1.82, 2.24) is 0 Å². The molecular formula is C9H9NO2S. The molecule has 0 aromatic heterocycles. The highest BCUT2D eigenvalue weighted by Crippen LogP contribution is 2.11. The van der Waals surface area contributed by atoms with Gasteiger partial charge in [0.25, 0.3) is 0 Å². The molecule has 3 nitrogen and oxygen atoms in total. The quantitative estimate of drug-likeness (QED) is 0.670. The minimum Gasteiger partial charge on any atom is -0.223 e. The third-order valence-corrected chi connectivity index (χ3v) is 3.13. The van der Waals surface area contributed by atoms with Gasteiger partial charge in [-0.2, -0.15) is 5.26 Å². The molecule has 0 saturated carbocycles. The first-order chi connectivity index (χ1) is 6.06. The minimum atomic E-state index is -3.39. The van der Waals surface area contributed by atoms with Crippen molar-refractivity contribution in [3.05, 3.63) is 29.8 Å². The van der Waals surface area contributed by atoms with Crippen molar-refractivity contribution in [2.24, 2.45) is 0 Å². The van der Waals surface area contributed by atoms with Gasteiger partial charge >= 0.3 is 0 Å². The van der Waals surface area contributed by atoms with Gasteiger partial charge in [-0.15, -0.1) is 0 Å². The van der Waals surface area contributed by atoms with Crippen LogP contribution < -0.4 is 0 Å². The molecule has 0 unspecified atom stereocenters. The van der Waals surface area contributed by atoms with Crippen LogP contribution in [0.5, 0.6) is 0 Å². The monoisotopic (exact) mass is 196 g/mol. The average molecular weight is 196 g/mol. The molecule has 0 spiro atoms. The Morgan fingerprint density at radius 3 is 2.31 bits per heavy atom. The molecule has 0 fully saturated rings. The van der Waals surface area contributed by atoms with Crippen LogP contribution in [0.15, 0.2) is 29.2 Å². The second kappa shape index (κ2) is 3.58. The summed E-state index contributed by atoms with van der Waals surface area (Å²) in [5.41, 5.74) is 0.996. The molecule has 1 aromatic carbocycles. The van der Waals surface area contributed by atoms with Crippen molar-refractivity contribution in [2.75, 3.05) is 5.75 Å². The summed E-state index contributed by atoms with van der Waals surface area (Å²) in [4.78, 5) is 0.208. The minimum absolute atomic E-state index is 0.208. The van der Waals surface area contributed by atoms with E-state index in [-0.39, 0.29) is 4.90 Å². The molecule has 0 aliphatic carbocycles. The summed E-state index contributed by atoms with van der Waals surface area (Å²) >= 11 is 0. The van der Waals surface area contributed by atoms with E-state index in [9.17, 15) is 8.42 Å². The third-order valence-electron chi connectivity index (χ3n) is 1.63. The molecule has 13 heavy (non-hydrogen) atoms. The Hall–Kier alpha value is -1.34. The van der Waals surface area contributed by atoms with Crippen LogP contribution in [0.25, 0.3) is 0 Å². The van der Waals surface area contributed by atoms with Gasteiger partial charge in [-0.1, -0.05) is 17.7 Å². The zero-order valence-electron chi connectivity index (χ0n) is 7.19. The van der Waals surface area contributed by atoms with Gasteiger partial charge in [-0.25, -0.2) is 8.42 Å². The van der Waals surface area contributed by atoms with E-state index in [4.69, 9.17) is 5.26 Å². The van der Waals surface area contributed by atoms with Crippen molar-refractivity contribution in [1.29, 1.82) is 5.26 Å². The number of rotatable bonds is 2. The van der Waals surface area contributed by atoms with E-state index in [0.717, 1.165) is 5.56 Å². The molecule has 1 aromatic rings. The number of nitrogens with zero attached hydrogens (tertiary/aromatic N) is 1. The summed E-state index contributed by atoms with van der Waals surface area (Å²) in [5, 5.41) is 8.29. The first-order valence-electron chi connectivity index (χ1n) is 3.72. The highest BCUT2D eigenvalue weighted by Gasteiger charge is 2.12.